The number of aliphatic hydroxyl groups is 6. The van der Waals surface area contributed by atoms with Crippen LogP contribution in [-0.4, -0.2) is 118 Å². The van der Waals surface area contributed by atoms with Gasteiger partial charge in [-0.1, -0.05) is 0 Å². The van der Waals surface area contributed by atoms with E-state index < -0.39 is 73.7 Å². The zero-order valence-corrected chi connectivity index (χ0v) is 16.4. The number of hydrogen-bond donors (Lipinski definition) is 7. The summed E-state index contributed by atoms with van der Waals surface area (Å²) in [7, 11) is 0. The monoisotopic (exact) mass is 439 g/mol. The van der Waals surface area contributed by atoms with Gasteiger partial charge in [-0.15, -0.1) is 0 Å². The number of rotatable bonds is 9. The normalized spacial score (nSPS) is 39.0. The first-order chi connectivity index (χ1) is 14.2. The molecular formula is C17H29NO12. The van der Waals surface area contributed by atoms with Gasteiger partial charge in [0.15, 0.2) is 0 Å². The molecule has 9 atom stereocenters. The molecule has 0 aromatic rings. The highest BCUT2D eigenvalue weighted by atomic mass is 16.9. The molecule has 2 aliphatic rings. The Hall–Kier alpha value is -1.42. The van der Waals surface area contributed by atoms with Crippen molar-refractivity contribution in [1.82, 2.24) is 5.32 Å². The van der Waals surface area contributed by atoms with Gasteiger partial charge in [0.2, 0.25) is 5.91 Å². The predicted molar refractivity (Wildman–Crippen MR) is 94.4 cm³/mol. The lowest BCUT2D eigenvalue weighted by Gasteiger charge is -2.48. The molecule has 13 heteroatoms. The van der Waals surface area contributed by atoms with Crippen LogP contribution in [-0.2, 0) is 28.5 Å². The number of carbonyl (C=O) groups excluding carboxylic acids is 2. The molecule has 2 fully saturated rings. The second-order valence-electron chi connectivity index (χ2n) is 7.32. The van der Waals surface area contributed by atoms with E-state index in [0.29, 0.717) is 0 Å². The Labute approximate surface area is 172 Å². The number of aliphatic hydroxyl groups excluding tert-OH is 6. The Morgan fingerprint density at radius 1 is 1.30 bits per heavy atom. The summed E-state index contributed by atoms with van der Waals surface area (Å²) in [5.74, 6) is -2.87. The molecule has 0 aromatic heterocycles. The topological polar surface area (TPSA) is 204 Å². The summed E-state index contributed by atoms with van der Waals surface area (Å²) in [5, 5.41) is 61.8. The minimum Gasteiger partial charge on any atom is -0.410 e. The van der Waals surface area contributed by atoms with Crippen molar-refractivity contribution in [3.05, 3.63) is 0 Å². The second kappa shape index (κ2) is 10.7. The van der Waals surface area contributed by atoms with Gasteiger partial charge in [0.1, 0.15) is 24.4 Å². The van der Waals surface area contributed by atoms with Crippen molar-refractivity contribution in [2.75, 3.05) is 19.8 Å². The van der Waals surface area contributed by atoms with Gasteiger partial charge >= 0.3 is 5.97 Å². The maximum atomic E-state index is 11.5. The lowest BCUT2D eigenvalue weighted by atomic mass is 9.91. The summed E-state index contributed by atoms with van der Waals surface area (Å²) in [6, 6.07) is -1.24. The van der Waals surface area contributed by atoms with Crippen LogP contribution in [0.15, 0.2) is 0 Å². The molecule has 0 saturated carbocycles. The maximum Gasteiger partial charge on any atom is 0.332 e. The van der Waals surface area contributed by atoms with Crippen molar-refractivity contribution in [1.29, 1.82) is 0 Å². The number of nitrogens with one attached hydrogen (secondary N) is 1. The summed E-state index contributed by atoms with van der Waals surface area (Å²) in [5.41, 5.74) is 0. The van der Waals surface area contributed by atoms with Crippen LogP contribution in [0, 0.1) is 0 Å². The molecule has 2 aliphatic heterocycles. The molecule has 2 heterocycles. The van der Waals surface area contributed by atoms with E-state index in [4.69, 9.17) is 24.1 Å². The third-order valence-electron chi connectivity index (χ3n) is 5.02. The molecule has 0 radical (unpaired) electrons. The highest BCUT2D eigenvalue weighted by molar-refractivity contribution is 5.73. The SMILES string of the molecule is CC(=O)NC1C(O)CC(OC=O)(OC2CC(CO)OCC2O)OC1C(O)[C@H](O)CO. The molecule has 174 valence electrons. The largest absolute Gasteiger partial charge is 0.410 e. The molecule has 2 saturated heterocycles. The fourth-order valence-corrected chi connectivity index (χ4v) is 3.52. The van der Waals surface area contributed by atoms with E-state index in [1.54, 1.807) is 0 Å². The quantitative estimate of drug-likeness (QED) is 0.135. The van der Waals surface area contributed by atoms with Crippen LogP contribution in [0.25, 0.3) is 0 Å². The van der Waals surface area contributed by atoms with E-state index in [2.05, 4.69) is 5.32 Å². The van der Waals surface area contributed by atoms with Crippen molar-refractivity contribution in [3.63, 3.8) is 0 Å². The van der Waals surface area contributed by atoms with Gasteiger partial charge in [-0.25, -0.2) is 0 Å². The molecule has 0 aromatic carbocycles. The van der Waals surface area contributed by atoms with Crippen molar-refractivity contribution >= 4 is 12.4 Å². The predicted octanol–water partition coefficient (Wildman–Crippen LogP) is -4.29. The molecular weight excluding hydrogens is 410 g/mol. The molecule has 13 nitrogen and oxygen atoms in total. The Kier molecular flexibility index (Phi) is 8.90. The van der Waals surface area contributed by atoms with Gasteiger partial charge in [-0.2, -0.15) is 0 Å². The first-order valence-electron chi connectivity index (χ1n) is 9.46. The Balaban J connectivity index is 2.31. The van der Waals surface area contributed by atoms with E-state index in [1.165, 1.54) is 0 Å². The Bertz CT molecular complexity index is 579. The fraction of sp³-hybridized carbons (Fsp3) is 0.882. The lowest BCUT2D eigenvalue weighted by Crippen LogP contribution is -2.67. The van der Waals surface area contributed by atoms with Gasteiger partial charge in [0.05, 0.1) is 50.6 Å². The fourth-order valence-electron chi connectivity index (χ4n) is 3.52. The Morgan fingerprint density at radius 3 is 2.57 bits per heavy atom. The average molecular weight is 439 g/mol. The number of hydrogen-bond acceptors (Lipinski definition) is 12. The molecule has 2 rings (SSSR count). The molecule has 0 aliphatic carbocycles. The van der Waals surface area contributed by atoms with Crippen LogP contribution in [0.4, 0.5) is 0 Å². The van der Waals surface area contributed by atoms with Gasteiger partial charge in [0, 0.05) is 13.3 Å². The first-order valence-corrected chi connectivity index (χ1v) is 9.46. The third-order valence-corrected chi connectivity index (χ3v) is 5.02. The number of carbonyl (C=O) groups is 2. The van der Waals surface area contributed by atoms with Gasteiger partial charge in [0.25, 0.3) is 6.47 Å². The number of amides is 1. The smallest absolute Gasteiger partial charge is 0.332 e. The summed E-state index contributed by atoms with van der Waals surface area (Å²) >= 11 is 0. The van der Waals surface area contributed by atoms with Crippen molar-refractivity contribution in [2.45, 2.75) is 74.5 Å². The molecule has 8 unspecified atom stereocenters. The molecule has 30 heavy (non-hydrogen) atoms. The van der Waals surface area contributed by atoms with Crippen LogP contribution < -0.4 is 5.32 Å². The minimum absolute atomic E-state index is 0.00268. The molecule has 0 spiro atoms. The zero-order chi connectivity index (χ0) is 22.5. The molecule has 0 bridgehead atoms. The van der Waals surface area contributed by atoms with Crippen LogP contribution in [0.1, 0.15) is 19.8 Å². The van der Waals surface area contributed by atoms with Crippen LogP contribution in [0.2, 0.25) is 0 Å². The van der Waals surface area contributed by atoms with E-state index in [-0.39, 0.29) is 26.1 Å². The summed E-state index contributed by atoms with van der Waals surface area (Å²) in [4.78, 5) is 22.7. The summed E-state index contributed by atoms with van der Waals surface area (Å²) in [6.45, 7) is -0.256. The molecule has 7 N–H and O–H groups in total. The molecule has 1 amide bonds. The summed E-state index contributed by atoms with van der Waals surface area (Å²) < 4.78 is 21.4. The van der Waals surface area contributed by atoms with Crippen LogP contribution >= 0.6 is 0 Å². The first kappa shape index (κ1) is 24.8. The van der Waals surface area contributed by atoms with E-state index in [9.17, 15) is 35.1 Å². The summed E-state index contributed by atoms with van der Waals surface area (Å²) in [6.07, 6.45) is -9.95. The van der Waals surface area contributed by atoms with Crippen molar-refractivity contribution in [2.24, 2.45) is 0 Å². The number of ether oxygens (including phenoxy) is 4. The minimum atomic E-state index is -2.29. The lowest BCUT2D eigenvalue weighted by molar-refractivity contribution is -0.428. The van der Waals surface area contributed by atoms with Gasteiger partial charge in [-0.3, -0.25) is 9.59 Å². The van der Waals surface area contributed by atoms with E-state index in [1.807, 2.05) is 0 Å². The highest BCUT2D eigenvalue weighted by Gasteiger charge is 2.55. The average Bonchev–Trinajstić information content (AvgIpc) is 2.70. The zero-order valence-electron chi connectivity index (χ0n) is 16.4. The van der Waals surface area contributed by atoms with Crippen LogP contribution in [0.5, 0.6) is 0 Å². The van der Waals surface area contributed by atoms with Crippen molar-refractivity contribution in [3.8, 4) is 0 Å². The second-order valence-corrected chi connectivity index (χ2v) is 7.32. The standard InChI is InChI=1S/C17H29NO12/c1-8(22)18-14-10(23)3-17(28-7-21,30-16(14)15(26)11(24)5-20)29-13-2-9(4-19)27-6-12(13)25/h7,9-16,19-20,23-26H,2-6H2,1H3,(H,18,22)/t9?,10?,11-,12?,13?,14?,15?,16?,17?/m1/s1. The van der Waals surface area contributed by atoms with E-state index in [0.717, 1.165) is 6.92 Å². The highest BCUT2D eigenvalue weighted by Crippen LogP contribution is 2.36. The maximum absolute atomic E-state index is 11.5. The third kappa shape index (κ3) is 5.84. The van der Waals surface area contributed by atoms with Gasteiger partial charge in [-0.05, 0) is 0 Å². The van der Waals surface area contributed by atoms with Crippen LogP contribution in [0.3, 0.4) is 0 Å². The Morgan fingerprint density at radius 2 is 2.00 bits per heavy atom. The van der Waals surface area contributed by atoms with Gasteiger partial charge < -0.3 is 54.9 Å². The van der Waals surface area contributed by atoms with Crippen molar-refractivity contribution < 1.29 is 59.2 Å². The van der Waals surface area contributed by atoms with E-state index >= 15 is 0 Å².